The number of hydrogen-bond acceptors (Lipinski definition) is 3. The highest BCUT2D eigenvalue weighted by Gasteiger charge is 2.25. The molecule has 1 fully saturated rings. The molecule has 15 heavy (non-hydrogen) atoms. The zero-order chi connectivity index (χ0) is 11.3. The van der Waals surface area contributed by atoms with Gasteiger partial charge in [-0.25, -0.2) is 0 Å². The van der Waals surface area contributed by atoms with Crippen LogP contribution in [0.5, 0.6) is 0 Å². The Morgan fingerprint density at radius 3 is 2.93 bits per heavy atom. The molecule has 0 saturated carbocycles. The first kappa shape index (κ1) is 12.9. The van der Waals surface area contributed by atoms with Crippen molar-refractivity contribution in [1.29, 1.82) is 0 Å². The number of aliphatic hydroxyl groups excluding tert-OH is 1. The molecule has 2 unspecified atom stereocenters. The molecule has 0 aliphatic carbocycles. The molecule has 4 heteroatoms. The van der Waals surface area contributed by atoms with Crippen LogP contribution in [0.2, 0.25) is 0 Å². The average Bonchev–Trinajstić information content (AvgIpc) is 2.18. The van der Waals surface area contributed by atoms with Gasteiger partial charge in [-0.2, -0.15) is 0 Å². The topological polar surface area (TPSA) is 49.5 Å². The number of thiocarbonyl (C=S) groups is 1. The number of rotatable bonds is 5. The van der Waals surface area contributed by atoms with Crippen LogP contribution in [-0.2, 0) is 0 Å². The van der Waals surface area contributed by atoms with Crippen molar-refractivity contribution in [1.82, 2.24) is 4.90 Å². The first-order valence-corrected chi connectivity index (χ1v) is 6.21. The summed E-state index contributed by atoms with van der Waals surface area (Å²) in [6.45, 7) is 3.57. The largest absolute Gasteiger partial charge is 0.396 e. The fourth-order valence-electron chi connectivity index (χ4n) is 2.47. The molecule has 0 amide bonds. The van der Waals surface area contributed by atoms with Gasteiger partial charge in [0.1, 0.15) is 0 Å². The molecule has 0 radical (unpaired) electrons. The maximum Gasteiger partial charge on any atom is 0.0742 e. The van der Waals surface area contributed by atoms with Crippen molar-refractivity contribution in [2.24, 2.45) is 5.73 Å². The predicted octanol–water partition coefficient (Wildman–Crippen LogP) is 1.29. The molecule has 0 spiro atoms. The summed E-state index contributed by atoms with van der Waals surface area (Å²) in [6, 6.07) is 0.937. The van der Waals surface area contributed by atoms with E-state index in [0.717, 1.165) is 19.4 Å². The van der Waals surface area contributed by atoms with Crippen LogP contribution in [-0.4, -0.2) is 40.2 Å². The van der Waals surface area contributed by atoms with Crippen LogP contribution in [0.1, 0.15) is 39.0 Å². The highest BCUT2D eigenvalue weighted by molar-refractivity contribution is 7.80. The van der Waals surface area contributed by atoms with Gasteiger partial charge in [0.25, 0.3) is 0 Å². The Hall–Kier alpha value is -0.190. The van der Waals surface area contributed by atoms with Crippen LogP contribution in [0.25, 0.3) is 0 Å². The van der Waals surface area contributed by atoms with E-state index < -0.39 is 0 Å². The Morgan fingerprint density at radius 1 is 1.60 bits per heavy atom. The molecule has 1 aliphatic heterocycles. The molecular formula is C11H22N2OS. The van der Waals surface area contributed by atoms with E-state index in [4.69, 9.17) is 23.1 Å². The molecule has 3 N–H and O–H groups in total. The fraction of sp³-hybridized carbons (Fsp3) is 0.909. The number of likely N-dealkylation sites (tertiary alicyclic amines) is 1. The second kappa shape index (κ2) is 6.40. The minimum Gasteiger partial charge on any atom is -0.396 e. The van der Waals surface area contributed by atoms with Gasteiger partial charge >= 0.3 is 0 Å². The zero-order valence-corrected chi connectivity index (χ0v) is 10.3. The molecule has 88 valence electrons. The molecule has 0 bridgehead atoms. The van der Waals surface area contributed by atoms with Crippen molar-refractivity contribution in [2.45, 2.75) is 51.1 Å². The normalized spacial score (nSPS) is 25.1. The third-order valence-corrected chi connectivity index (χ3v) is 3.36. The summed E-state index contributed by atoms with van der Waals surface area (Å²) in [5.41, 5.74) is 5.57. The molecule has 0 aromatic carbocycles. The second-order valence-electron chi connectivity index (χ2n) is 4.42. The fourth-order valence-corrected chi connectivity index (χ4v) is 2.71. The van der Waals surface area contributed by atoms with Crippen molar-refractivity contribution in [3.63, 3.8) is 0 Å². The summed E-state index contributed by atoms with van der Waals surface area (Å²) < 4.78 is 0. The SMILES string of the molecule is CC(CC(N)=S)N1CCCCC1CCO. The van der Waals surface area contributed by atoms with E-state index in [0.29, 0.717) is 17.1 Å². The molecule has 0 aromatic rings. The molecule has 1 heterocycles. The van der Waals surface area contributed by atoms with Crippen molar-refractivity contribution < 1.29 is 5.11 Å². The Bertz CT molecular complexity index is 209. The number of nitrogens with zero attached hydrogens (tertiary/aromatic N) is 1. The summed E-state index contributed by atoms with van der Waals surface area (Å²) in [5, 5.41) is 9.02. The number of nitrogens with two attached hydrogens (primary N) is 1. The Morgan fingerprint density at radius 2 is 2.33 bits per heavy atom. The Kier molecular flexibility index (Phi) is 5.50. The monoisotopic (exact) mass is 230 g/mol. The van der Waals surface area contributed by atoms with E-state index in [1.807, 2.05) is 0 Å². The summed E-state index contributed by atoms with van der Waals surface area (Å²) >= 11 is 4.95. The van der Waals surface area contributed by atoms with Crippen LogP contribution in [0, 0.1) is 0 Å². The summed E-state index contributed by atoms with van der Waals surface area (Å²) in [6.07, 6.45) is 5.39. The first-order chi connectivity index (χ1) is 7.15. The summed E-state index contributed by atoms with van der Waals surface area (Å²) in [4.78, 5) is 3.05. The molecule has 1 rings (SSSR count). The molecular weight excluding hydrogens is 208 g/mol. The second-order valence-corrected chi connectivity index (χ2v) is 4.94. The van der Waals surface area contributed by atoms with Crippen LogP contribution in [0.4, 0.5) is 0 Å². The first-order valence-electron chi connectivity index (χ1n) is 5.80. The van der Waals surface area contributed by atoms with Crippen LogP contribution < -0.4 is 5.73 Å². The minimum atomic E-state index is 0.279. The highest BCUT2D eigenvalue weighted by atomic mass is 32.1. The van der Waals surface area contributed by atoms with Crippen molar-refractivity contribution in [3.8, 4) is 0 Å². The highest BCUT2D eigenvalue weighted by Crippen LogP contribution is 2.22. The Balaban J connectivity index is 2.50. The lowest BCUT2D eigenvalue weighted by Gasteiger charge is -2.39. The lowest BCUT2D eigenvalue weighted by atomic mass is 9.97. The lowest BCUT2D eigenvalue weighted by molar-refractivity contribution is 0.0856. The van der Waals surface area contributed by atoms with Gasteiger partial charge in [-0.05, 0) is 32.7 Å². The Labute approximate surface area is 97.6 Å². The maximum absolute atomic E-state index is 9.02. The van der Waals surface area contributed by atoms with Gasteiger partial charge in [-0.1, -0.05) is 18.6 Å². The van der Waals surface area contributed by atoms with E-state index in [9.17, 15) is 0 Å². The van der Waals surface area contributed by atoms with E-state index in [-0.39, 0.29) is 6.61 Å². The maximum atomic E-state index is 9.02. The van der Waals surface area contributed by atoms with Crippen molar-refractivity contribution >= 4 is 17.2 Å². The van der Waals surface area contributed by atoms with Crippen LogP contribution in [0.15, 0.2) is 0 Å². The smallest absolute Gasteiger partial charge is 0.0742 e. The van der Waals surface area contributed by atoms with Gasteiger partial charge in [0, 0.05) is 25.1 Å². The quantitative estimate of drug-likeness (QED) is 0.699. The van der Waals surface area contributed by atoms with Gasteiger partial charge < -0.3 is 10.8 Å². The van der Waals surface area contributed by atoms with E-state index in [1.165, 1.54) is 19.3 Å². The molecule has 3 nitrogen and oxygen atoms in total. The molecule has 1 saturated heterocycles. The summed E-state index contributed by atoms with van der Waals surface area (Å²) in [7, 11) is 0. The van der Waals surface area contributed by atoms with Gasteiger partial charge in [0.2, 0.25) is 0 Å². The molecule has 2 atom stereocenters. The standard InChI is InChI=1S/C11H22N2OS/c1-9(8-11(12)15)13-6-3-2-4-10(13)5-7-14/h9-10,14H,2-8H2,1H3,(H2,12,15). The predicted molar refractivity (Wildman–Crippen MR) is 66.9 cm³/mol. The zero-order valence-electron chi connectivity index (χ0n) is 9.48. The molecule has 0 aromatic heterocycles. The van der Waals surface area contributed by atoms with E-state index in [1.54, 1.807) is 0 Å². The van der Waals surface area contributed by atoms with E-state index >= 15 is 0 Å². The molecule has 1 aliphatic rings. The van der Waals surface area contributed by atoms with Gasteiger partial charge in [-0.3, -0.25) is 4.90 Å². The van der Waals surface area contributed by atoms with Crippen molar-refractivity contribution in [3.05, 3.63) is 0 Å². The van der Waals surface area contributed by atoms with E-state index in [2.05, 4.69) is 11.8 Å². The third kappa shape index (κ3) is 4.05. The minimum absolute atomic E-state index is 0.279. The average molecular weight is 230 g/mol. The summed E-state index contributed by atoms with van der Waals surface area (Å²) in [5.74, 6) is 0. The van der Waals surface area contributed by atoms with Crippen LogP contribution in [0.3, 0.4) is 0 Å². The number of piperidine rings is 1. The number of aliphatic hydroxyl groups is 1. The number of hydrogen-bond donors (Lipinski definition) is 2. The van der Waals surface area contributed by atoms with Crippen molar-refractivity contribution in [2.75, 3.05) is 13.2 Å². The van der Waals surface area contributed by atoms with Gasteiger partial charge in [-0.15, -0.1) is 0 Å². The van der Waals surface area contributed by atoms with Crippen LogP contribution >= 0.6 is 12.2 Å². The lowest BCUT2D eigenvalue weighted by Crippen LogP contribution is -2.46. The third-order valence-electron chi connectivity index (χ3n) is 3.20. The van der Waals surface area contributed by atoms with Gasteiger partial charge in [0.15, 0.2) is 0 Å². The van der Waals surface area contributed by atoms with Gasteiger partial charge in [0.05, 0.1) is 4.99 Å².